The third-order valence-electron chi connectivity index (χ3n) is 4.76. The van der Waals surface area contributed by atoms with Gasteiger partial charge in [-0.15, -0.1) is 0 Å². The predicted molar refractivity (Wildman–Crippen MR) is 78.8 cm³/mol. The molecule has 116 valence electrons. The first-order valence-corrected chi connectivity index (χ1v) is 9.27. The van der Waals surface area contributed by atoms with Gasteiger partial charge >= 0.3 is 0 Å². The van der Waals surface area contributed by atoms with Crippen molar-refractivity contribution in [3.8, 4) is 0 Å². The lowest BCUT2D eigenvalue weighted by Crippen LogP contribution is -2.52. The molecule has 0 aromatic rings. The van der Waals surface area contributed by atoms with Gasteiger partial charge in [0.25, 0.3) is 10.2 Å². The minimum atomic E-state index is -3.23. The number of hydrogen-bond donors (Lipinski definition) is 1. The van der Waals surface area contributed by atoms with E-state index >= 15 is 0 Å². The summed E-state index contributed by atoms with van der Waals surface area (Å²) >= 11 is 0. The van der Waals surface area contributed by atoms with Gasteiger partial charge in [0, 0.05) is 45.3 Å². The van der Waals surface area contributed by atoms with Gasteiger partial charge in [-0.3, -0.25) is 4.90 Å². The molecule has 7 heteroatoms. The Morgan fingerprint density at radius 2 is 1.55 bits per heavy atom. The molecule has 0 amide bonds. The zero-order valence-corrected chi connectivity index (χ0v) is 12.9. The van der Waals surface area contributed by atoms with Crippen molar-refractivity contribution < 1.29 is 8.42 Å². The molecule has 0 spiro atoms. The summed E-state index contributed by atoms with van der Waals surface area (Å²) in [6, 6.07) is 0.438. The fourth-order valence-corrected chi connectivity index (χ4v) is 5.21. The average molecular weight is 302 g/mol. The van der Waals surface area contributed by atoms with Gasteiger partial charge in [-0.2, -0.15) is 17.0 Å². The number of rotatable bonds is 3. The average Bonchev–Trinajstić information content (AvgIpc) is 3.00. The first-order valence-electron chi connectivity index (χ1n) is 7.88. The zero-order chi connectivity index (χ0) is 14.0. The Labute approximate surface area is 122 Å². The van der Waals surface area contributed by atoms with Crippen LogP contribution in [0.25, 0.3) is 0 Å². The van der Waals surface area contributed by atoms with Crippen LogP contribution in [-0.4, -0.2) is 80.3 Å². The zero-order valence-electron chi connectivity index (χ0n) is 12.1. The highest BCUT2D eigenvalue weighted by Crippen LogP contribution is 2.23. The molecule has 3 heterocycles. The second-order valence-corrected chi connectivity index (χ2v) is 7.98. The van der Waals surface area contributed by atoms with E-state index in [2.05, 4.69) is 10.2 Å². The van der Waals surface area contributed by atoms with Crippen molar-refractivity contribution in [1.82, 2.24) is 18.8 Å². The van der Waals surface area contributed by atoms with E-state index in [0.717, 1.165) is 32.6 Å². The van der Waals surface area contributed by atoms with Crippen LogP contribution in [0, 0.1) is 0 Å². The molecule has 3 saturated heterocycles. The monoisotopic (exact) mass is 302 g/mol. The van der Waals surface area contributed by atoms with Gasteiger partial charge in [-0.25, -0.2) is 0 Å². The van der Waals surface area contributed by atoms with Crippen LogP contribution in [0.3, 0.4) is 0 Å². The van der Waals surface area contributed by atoms with Crippen LogP contribution in [-0.2, 0) is 10.2 Å². The summed E-state index contributed by atoms with van der Waals surface area (Å²) in [5.41, 5.74) is 0. The summed E-state index contributed by atoms with van der Waals surface area (Å²) in [5, 5.41) is 3.21. The van der Waals surface area contributed by atoms with Crippen molar-refractivity contribution in [2.45, 2.75) is 31.7 Å². The summed E-state index contributed by atoms with van der Waals surface area (Å²) < 4.78 is 28.6. The number of likely N-dealkylation sites (tertiary alicyclic amines) is 1. The van der Waals surface area contributed by atoms with Gasteiger partial charge in [-0.1, -0.05) is 6.42 Å². The van der Waals surface area contributed by atoms with Gasteiger partial charge < -0.3 is 5.32 Å². The Morgan fingerprint density at radius 1 is 0.850 bits per heavy atom. The highest BCUT2D eigenvalue weighted by Gasteiger charge is 2.37. The Kier molecular flexibility index (Phi) is 4.62. The molecule has 0 saturated carbocycles. The van der Waals surface area contributed by atoms with Crippen molar-refractivity contribution in [3.05, 3.63) is 0 Å². The molecule has 0 aliphatic carbocycles. The molecule has 3 aliphatic heterocycles. The molecular weight excluding hydrogens is 276 g/mol. The minimum Gasteiger partial charge on any atom is -0.314 e. The molecule has 0 bridgehead atoms. The molecule has 1 unspecified atom stereocenters. The van der Waals surface area contributed by atoms with Crippen LogP contribution in [0.1, 0.15) is 25.7 Å². The van der Waals surface area contributed by atoms with Crippen LogP contribution in [0.15, 0.2) is 0 Å². The topological polar surface area (TPSA) is 55.9 Å². The predicted octanol–water partition coefficient (Wildman–Crippen LogP) is -0.303. The van der Waals surface area contributed by atoms with E-state index in [4.69, 9.17) is 0 Å². The molecular formula is C13H26N4O2S. The van der Waals surface area contributed by atoms with Gasteiger partial charge in [0.2, 0.25) is 0 Å². The molecule has 0 aromatic carbocycles. The molecule has 20 heavy (non-hydrogen) atoms. The summed E-state index contributed by atoms with van der Waals surface area (Å²) in [4.78, 5) is 2.50. The first kappa shape index (κ1) is 14.7. The van der Waals surface area contributed by atoms with Gasteiger partial charge in [0.1, 0.15) is 0 Å². The van der Waals surface area contributed by atoms with Gasteiger partial charge in [0.05, 0.1) is 0 Å². The second kappa shape index (κ2) is 6.27. The van der Waals surface area contributed by atoms with E-state index in [1.807, 2.05) is 0 Å². The Balaban J connectivity index is 1.60. The van der Waals surface area contributed by atoms with Crippen molar-refractivity contribution in [1.29, 1.82) is 0 Å². The molecule has 3 rings (SSSR count). The summed E-state index contributed by atoms with van der Waals surface area (Å²) in [6.45, 7) is 6.41. The van der Waals surface area contributed by atoms with E-state index in [9.17, 15) is 8.42 Å². The molecule has 3 fully saturated rings. The number of piperidine rings is 1. The highest BCUT2D eigenvalue weighted by molar-refractivity contribution is 7.86. The largest absolute Gasteiger partial charge is 0.314 e. The van der Waals surface area contributed by atoms with E-state index < -0.39 is 10.2 Å². The van der Waals surface area contributed by atoms with Crippen LogP contribution >= 0.6 is 0 Å². The Morgan fingerprint density at radius 3 is 2.25 bits per heavy atom. The van der Waals surface area contributed by atoms with E-state index in [0.29, 0.717) is 32.2 Å². The molecule has 6 nitrogen and oxygen atoms in total. The maximum Gasteiger partial charge on any atom is 0.282 e. The van der Waals surface area contributed by atoms with Crippen LogP contribution in [0.5, 0.6) is 0 Å². The van der Waals surface area contributed by atoms with Crippen molar-refractivity contribution in [2.24, 2.45) is 0 Å². The molecule has 0 radical (unpaired) electrons. The fraction of sp³-hybridized carbons (Fsp3) is 1.00. The van der Waals surface area contributed by atoms with Crippen LogP contribution in [0.2, 0.25) is 0 Å². The van der Waals surface area contributed by atoms with Gasteiger partial charge in [0.15, 0.2) is 0 Å². The van der Waals surface area contributed by atoms with E-state index in [1.165, 1.54) is 19.3 Å². The molecule has 1 atom stereocenters. The lowest BCUT2D eigenvalue weighted by Gasteiger charge is -2.33. The Bertz CT molecular complexity index is 416. The summed E-state index contributed by atoms with van der Waals surface area (Å²) in [5.74, 6) is 0. The van der Waals surface area contributed by atoms with E-state index in [-0.39, 0.29) is 0 Å². The lowest BCUT2D eigenvalue weighted by molar-refractivity contribution is 0.169. The van der Waals surface area contributed by atoms with Crippen LogP contribution < -0.4 is 5.32 Å². The standard InChI is InChI=1S/C13H26N4O2S/c18-20(19,16-10-5-14-6-11-16)17-9-4-13(12-17)15-7-2-1-3-8-15/h13-14H,1-12H2. The quantitative estimate of drug-likeness (QED) is 0.777. The third-order valence-corrected chi connectivity index (χ3v) is 6.76. The summed E-state index contributed by atoms with van der Waals surface area (Å²) in [6.07, 6.45) is 4.85. The second-order valence-electron chi connectivity index (χ2n) is 6.05. The minimum absolute atomic E-state index is 0.438. The fourth-order valence-electron chi connectivity index (χ4n) is 3.54. The SMILES string of the molecule is O=S(=O)(N1CCNCC1)N1CCC(N2CCCCC2)C1. The molecule has 0 aromatic heterocycles. The number of nitrogens with one attached hydrogen (secondary N) is 1. The third kappa shape index (κ3) is 3.01. The maximum atomic E-state index is 12.6. The summed E-state index contributed by atoms with van der Waals surface area (Å²) in [7, 11) is -3.23. The van der Waals surface area contributed by atoms with Gasteiger partial charge in [-0.05, 0) is 32.4 Å². The molecule has 3 aliphatic rings. The maximum absolute atomic E-state index is 12.6. The van der Waals surface area contributed by atoms with Crippen molar-refractivity contribution in [2.75, 3.05) is 52.4 Å². The normalized spacial score (nSPS) is 31.7. The van der Waals surface area contributed by atoms with Crippen molar-refractivity contribution in [3.63, 3.8) is 0 Å². The van der Waals surface area contributed by atoms with Crippen LogP contribution in [0.4, 0.5) is 0 Å². The van der Waals surface area contributed by atoms with E-state index in [1.54, 1.807) is 8.61 Å². The molecule has 1 N–H and O–H groups in total. The first-order chi connectivity index (χ1) is 9.68. The highest BCUT2D eigenvalue weighted by atomic mass is 32.2. The Hall–Kier alpha value is -0.210. The number of piperazine rings is 1. The number of hydrogen-bond acceptors (Lipinski definition) is 4. The van der Waals surface area contributed by atoms with Crippen molar-refractivity contribution >= 4 is 10.2 Å². The number of nitrogens with zero attached hydrogens (tertiary/aromatic N) is 3. The smallest absolute Gasteiger partial charge is 0.282 e. The lowest BCUT2D eigenvalue weighted by atomic mass is 10.1.